The molecule has 0 saturated carbocycles. The van der Waals surface area contributed by atoms with E-state index in [2.05, 4.69) is 41.0 Å². The SMILES string of the molecule is CC(C)C1CN=C(Nc2ccsc2)S1. The van der Waals surface area contributed by atoms with Crippen molar-refractivity contribution in [3.8, 4) is 0 Å². The summed E-state index contributed by atoms with van der Waals surface area (Å²) in [4.78, 5) is 4.49. The van der Waals surface area contributed by atoms with Crippen LogP contribution >= 0.6 is 23.1 Å². The average molecular weight is 226 g/mol. The maximum absolute atomic E-state index is 4.49. The lowest BCUT2D eigenvalue weighted by atomic mass is 10.1. The van der Waals surface area contributed by atoms with E-state index in [1.54, 1.807) is 11.3 Å². The molecule has 0 aromatic carbocycles. The van der Waals surface area contributed by atoms with Gasteiger partial charge in [0, 0.05) is 10.6 Å². The van der Waals surface area contributed by atoms with E-state index in [9.17, 15) is 0 Å². The van der Waals surface area contributed by atoms with Crippen LogP contribution in [0.25, 0.3) is 0 Å². The summed E-state index contributed by atoms with van der Waals surface area (Å²) in [6, 6.07) is 2.08. The van der Waals surface area contributed by atoms with E-state index in [4.69, 9.17) is 0 Å². The summed E-state index contributed by atoms with van der Waals surface area (Å²) in [6.45, 7) is 5.45. The van der Waals surface area contributed by atoms with Gasteiger partial charge in [-0.25, -0.2) is 0 Å². The number of thiophene rings is 1. The highest BCUT2D eigenvalue weighted by Crippen LogP contribution is 2.28. The number of anilines is 1. The van der Waals surface area contributed by atoms with Gasteiger partial charge in [0.05, 0.1) is 12.2 Å². The molecule has 0 saturated heterocycles. The summed E-state index contributed by atoms with van der Waals surface area (Å²) in [7, 11) is 0. The van der Waals surface area contributed by atoms with E-state index in [1.165, 1.54) is 0 Å². The lowest BCUT2D eigenvalue weighted by Crippen LogP contribution is -2.12. The molecule has 1 aromatic rings. The van der Waals surface area contributed by atoms with E-state index in [1.807, 2.05) is 11.8 Å². The van der Waals surface area contributed by atoms with Crippen molar-refractivity contribution in [1.82, 2.24) is 0 Å². The topological polar surface area (TPSA) is 24.4 Å². The molecule has 0 fully saturated rings. The first-order chi connectivity index (χ1) is 6.75. The second-order valence-corrected chi connectivity index (χ2v) is 5.69. The fourth-order valence-corrected chi connectivity index (χ4v) is 2.89. The number of aliphatic imine (C=N–C) groups is 1. The molecule has 1 aromatic heterocycles. The molecule has 0 amide bonds. The predicted molar refractivity (Wildman–Crippen MR) is 66.5 cm³/mol. The maximum atomic E-state index is 4.49. The van der Waals surface area contributed by atoms with Gasteiger partial charge in [0.2, 0.25) is 0 Å². The Hall–Kier alpha value is -0.480. The number of thioether (sulfide) groups is 1. The van der Waals surface area contributed by atoms with Crippen molar-refractivity contribution in [2.45, 2.75) is 19.1 Å². The van der Waals surface area contributed by atoms with Crippen LogP contribution in [0.4, 0.5) is 5.69 Å². The molecular formula is C10H14N2S2. The van der Waals surface area contributed by atoms with Crippen LogP contribution in [0.15, 0.2) is 21.8 Å². The Morgan fingerprint density at radius 3 is 3.00 bits per heavy atom. The molecular weight excluding hydrogens is 212 g/mol. The zero-order chi connectivity index (χ0) is 9.97. The molecule has 1 atom stereocenters. The highest BCUT2D eigenvalue weighted by molar-refractivity contribution is 8.15. The Balaban J connectivity index is 1.90. The normalized spacial score (nSPS) is 21.4. The van der Waals surface area contributed by atoms with Gasteiger partial charge in [0.15, 0.2) is 5.17 Å². The molecule has 1 aliphatic rings. The van der Waals surface area contributed by atoms with Gasteiger partial charge in [0.25, 0.3) is 0 Å². The number of amidine groups is 1. The molecule has 14 heavy (non-hydrogen) atoms. The third-order valence-electron chi connectivity index (χ3n) is 2.19. The first-order valence-electron chi connectivity index (χ1n) is 4.76. The molecule has 0 spiro atoms. The van der Waals surface area contributed by atoms with Crippen LogP contribution < -0.4 is 5.32 Å². The lowest BCUT2D eigenvalue weighted by Gasteiger charge is -2.11. The van der Waals surface area contributed by atoms with Gasteiger partial charge in [-0.3, -0.25) is 4.99 Å². The van der Waals surface area contributed by atoms with Gasteiger partial charge in [-0.05, 0) is 17.4 Å². The average Bonchev–Trinajstić information content (AvgIpc) is 2.75. The second kappa shape index (κ2) is 4.36. The Bertz CT molecular complexity index is 317. The standard InChI is InChI=1S/C10H14N2S2/c1-7(2)9-5-11-10(14-9)12-8-3-4-13-6-8/h3-4,6-7,9H,5H2,1-2H3,(H,11,12). The molecule has 2 rings (SSSR count). The molecule has 1 N–H and O–H groups in total. The summed E-state index contributed by atoms with van der Waals surface area (Å²) in [5.41, 5.74) is 1.16. The van der Waals surface area contributed by atoms with E-state index in [0.717, 1.165) is 17.4 Å². The molecule has 1 unspecified atom stereocenters. The Kier molecular flexibility index (Phi) is 3.13. The number of rotatable bonds is 2. The minimum absolute atomic E-state index is 0.649. The Labute approximate surface area is 92.8 Å². The lowest BCUT2D eigenvalue weighted by molar-refractivity contribution is 0.621. The van der Waals surface area contributed by atoms with E-state index < -0.39 is 0 Å². The Morgan fingerprint density at radius 1 is 1.57 bits per heavy atom. The molecule has 0 aliphatic carbocycles. The first kappa shape index (κ1) is 10.1. The quantitative estimate of drug-likeness (QED) is 0.837. The summed E-state index contributed by atoms with van der Waals surface area (Å²) < 4.78 is 0. The summed E-state index contributed by atoms with van der Waals surface area (Å²) in [5, 5.41) is 9.22. The Morgan fingerprint density at radius 2 is 2.43 bits per heavy atom. The minimum atomic E-state index is 0.649. The molecule has 2 heterocycles. The van der Waals surface area contributed by atoms with Crippen LogP contribution in [0.1, 0.15) is 13.8 Å². The van der Waals surface area contributed by atoms with Crippen LogP contribution in [-0.2, 0) is 0 Å². The highest BCUT2D eigenvalue weighted by Gasteiger charge is 2.22. The summed E-state index contributed by atoms with van der Waals surface area (Å²) >= 11 is 3.56. The number of nitrogens with one attached hydrogen (secondary N) is 1. The molecule has 4 heteroatoms. The predicted octanol–water partition coefficient (Wildman–Crippen LogP) is 3.29. The second-order valence-electron chi connectivity index (χ2n) is 3.68. The number of hydrogen-bond acceptors (Lipinski definition) is 4. The monoisotopic (exact) mass is 226 g/mol. The van der Waals surface area contributed by atoms with Crippen molar-refractivity contribution in [3.05, 3.63) is 16.8 Å². The number of nitrogens with zero attached hydrogens (tertiary/aromatic N) is 1. The zero-order valence-electron chi connectivity index (χ0n) is 8.36. The van der Waals surface area contributed by atoms with E-state index in [-0.39, 0.29) is 0 Å². The van der Waals surface area contributed by atoms with Crippen LogP contribution in [-0.4, -0.2) is 17.0 Å². The fourth-order valence-electron chi connectivity index (χ4n) is 1.27. The minimum Gasteiger partial charge on any atom is -0.334 e. The van der Waals surface area contributed by atoms with Gasteiger partial charge in [-0.15, -0.1) is 0 Å². The van der Waals surface area contributed by atoms with Gasteiger partial charge in [-0.1, -0.05) is 25.6 Å². The third-order valence-corrected chi connectivity index (χ3v) is 4.33. The van der Waals surface area contributed by atoms with Gasteiger partial charge in [0.1, 0.15) is 0 Å². The summed E-state index contributed by atoms with van der Waals surface area (Å²) in [6.07, 6.45) is 0. The van der Waals surface area contributed by atoms with E-state index >= 15 is 0 Å². The van der Waals surface area contributed by atoms with Crippen molar-refractivity contribution in [2.24, 2.45) is 10.9 Å². The first-order valence-corrected chi connectivity index (χ1v) is 6.58. The molecule has 2 nitrogen and oxygen atoms in total. The van der Waals surface area contributed by atoms with Crippen LogP contribution in [0.5, 0.6) is 0 Å². The van der Waals surface area contributed by atoms with Crippen LogP contribution in [0.3, 0.4) is 0 Å². The van der Waals surface area contributed by atoms with E-state index in [0.29, 0.717) is 11.2 Å². The van der Waals surface area contributed by atoms with Crippen molar-refractivity contribution in [1.29, 1.82) is 0 Å². The van der Waals surface area contributed by atoms with Crippen molar-refractivity contribution >= 4 is 34.0 Å². The maximum Gasteiger partial charge on any atom is 0.161 e. The largest absolute Gasteiger partial charge is 0.334 e. The third kappa shape index (κ3) is 2.30. The van der Waals surface area contributed by atoms with Gasteiger partial charge < -0.3 is 5.32 Å². The van der Waals surface area contributed by atoms with Gasteiger partial charge in [-0.2, -0.15) is 11.3 Å². The van der Waals surface area contributed by atoms with Crippen LogP contribution in [0, 0.1) is 5.92 Å². The molecule has 0 bridgehead atoms. The van der Waals surface area contributed by atoms with Crippen molar-refractivity contribution in [3.63, 3.8) is 0 Å². The fraction of sp³-hybridized carbons (Fsp3) is 0.500. The highest BCUT2D eigenvalue weighted by atomic mass is 32.2. The summed E-state index contributed by atoms with van der Waals surface area (Å²) in [5.74, 6) is 0.700. The molecule has 1 aliphatic heterocycles. The van der Waals surface area contributed by atoms with Crippen molar-refractivity contribution in [2.75, 3.05) is 11.9 Å². The molecule has 76 valence electrons. The van der Waals surface area contributed by atoms with Gasteiger partial charge >= 0.3 is 0 Å². The number of hydrogen-bond donors (Lipinski definition) is 1. The smallest absolute Gasteiger partial charge is 0.161 e. The molecule has 0 radical (unpaired) electrons. The van der Waals surface area contributed by atoms with Crippen LogP contribution in [0.2, 0.25) is 0 Å². The zero-order valence-corrected chi connectivity index (χ0v) is 9.99. The van der Waals surface area contributed by atoms with Crippen molar-refractivity contribution < 1.29 is 0 Å².